The lowest BCUT2D eigenvalue weighted by Gasteiger charge is -2.09. The maximum atomic E-state index is 12.4. The van der Waals surface area contributed by atoms with Gasteiger partial charge in [-0.1, -0.05) is 76.6 Å². The molecule has 0 radical (unpaired) electrons. The lowest BCUT2D eigenvalue weighted by molar-refractivity contribution is -0.118. The molecule has 3 N–H and O–H groups in total. The summed E-state index contributed by atoms with van der Waals surface area (Å²) in [5.41, 5.74) is 6.66. The first-order valence-electron chi connectivity index (χ1n) is 8.27. The van der Waals surface area contributed by atoms with Crippen LogP contribution < -0.4 is 15.8 Å². The van der Waals surface area contributed by atoms with Gasteiger partial charge in [-0.3, -0.25) is 9.59 Å². The van der Waals surface area contributed by atoms with E-state index in [2.05, 4.69) is 10.3 Å². The highest BCUT2D eigenvalue weighted by Gasteiger charge is 2.17. The van der Waals surface area contributed by atoms with Crippen LogP contribution in [-0.2, 0) is 9.59 Å². The molecule has 0 saturated heterocycles. The van der Waals surface area contributed by atoms with Gasteiger partial charge in [0.1, 0.15) is 16.4 Å². The van der Waals surface area contributed by atoms with E-state index in [0.717, 1.165) is 5.56 Å². The van der Waals surface area contributed by atoms with Crippen LogP contribution in [-0.4, -0.2) is 29.2 Å². The van der Waals surface area contributed by atoms with E-state index in [1.54, 1.807) is 12.1 Å². The molecule has 0 saturated carbocycles. The highest BCUT2D eigenvalue weighted by molar-refractivity contribution is 8.01. The fourth-order valence-corrected chi connectivity index (χ4v) is 4.55. The van der Waals surface area contributed by atoms with Crippen LogP contribution in [0, 0.1) is 0 Å². The summed E-state index contributed by atoms with van der Waals surface area (Å²) in [7, 11) is 0. The topological polar surface area (TPSA) is 94.3 Å². The Bertz CT molecular complexity index is 1030. The van der Waals surface area contributed by atoms with Gasteiger partial charge in [-0.05, 0) is 18.2 Å². The van der Waals surface area contributed by atoms with Gasteiger partial charge in [0.15, 0.2) is 10.9 Å². The van der Waals surface area contributed by atoms with Gasteiger partial charge in [-0.2, -0.15) is 0 Å². The normalized spacial score (nSPS) is 10.6. The molecule has 0 aliphatic rings. The molecule has 3 aromatic rings. The Hall–Kier alpha value is -2.26. The third-order valence-electron chi connectivity index (χ3n) is 3.50. The van der Waals surface area contributed by atoms with Crippen LogP contribution in [0.5, 0.6) is 5.75 Å². The predicted octanol–water partition coefficient (Wildman–Crippen LogP) is 4.71. The van der Waals surface area contributed by atoms with Crippen molar-refractivity contribution < 1.29 is 14.3 Å². The molecule has 6 nitrogen and oxygen atoms in total. The number of amides is 2. The molecule has 0 spiro atoms. The number of hydrogen-bond donors (Lipinski definition) is 2. The van der Waals surface area contributed by atoms with Gasteiger partial charge < -0.3 is 15.8 Å². The van der Waals surface area contributed by atoms with E-state index < -0.39 is 5.91 Å². The number of halogens is 2. The predicted molar refractivity (Wildman–Crippen MR) is 118 cm³/mol. The van der Waals surface area contributed by atoms with Gasteiger partial charge in [-0.15, -0.1) is 0 Å². The van der Waals surface area contributed by atoms with Crippen LogP contribution >= 0.6 is 46.3 Å². The number of hydrogen-bond acceptors (Lipinski definition) is 6. The van der Waals surface area contributed by atoms with E-state index in [1.807, 2.05) is 30.3 Å². The second-order valence-corrected chi connectivity index (χ2v) is 8.76. The standard InChI is InChI=1S/C19H15Cl2N3O3S2/c20-12-6-7-14(13(21)8-12)27-9-16(26)23-18-17(11-4-2-1-3-5-11)24-19(29-18)28-10-15(22)25/h1-8H,9-10H2,(H2,22,25)(H,23,26). The molecule has 3 rings (SSSR count). The molecular weight excluding hydrogens is 453 g/mol. The number of rotatable bonds is 8. The Morgan fingerprint density at radius 2 is 1.93 bits per heavy atom. The summed E-state index contributed by atoms with van der Waals surface area (Å²) in [5.74, 6) is -0.349. The number of thiazole rings is 1. The van der Waals surface area contributed by atoms with E-state index in [4.69, 9.17) is 33.7 Å². The molecule has 2 amide bonds. The number of anilines is 1. The summed E-state index contributed by atoms with van der Waals surface area (Å²) in [6.07, 6.45) is 0. The van der Waals surface area contributed by atoms with Gasteiger partial charge in [0, 0.05) is 10.6 Å². The van der Waals surface area contributed by atoms with Crippen molar-refractivity contribution in [1.82, 2.24) is 4.98 Å². The van der Waals surface area contributed by atoms with Gasteiger partial charge in [0.05, 0.1) is 10.8 Å². The van der Waals surface area contributed by atoms with Crippen molar-refractivity contribution in [2.45, 2.75) is 4.34 Å². The van der Waals surface area contributed by atoms with E-state index in [-0.39, 0.29) is 18.3 Å². The highest BCUT2D eigenvalue weighted by Crippen LogP contribution is 2.37. The minimum atomic E-state index is -0.440. The summed E-state index contributed by atoms with van der Waals surface area (Å²) in [6.45, 7) is -0.239. The first-order chi connectivity index (χ1) is 13.9. The lowest BCUT2D eigenvalue weighted by Crippen LogP contribution is -2.20. The van der Waals surface area contributed by atoms with Crippen molar-refractivity contribution in [3.63, 3.8) is 0 Å². The molecule has 0 aliphatic heterocycles. The first-order valence-corrected chi connectivity index (χ1v) is 10.8. The van der Waals surface area contributed by atoms with Gasteiger partial charge >= 0.3 is 0 Å². The van der Waals surface area contributed by atoms with Crippen LogP contribution in [0.1, 0.15) is 0 Å². The molecule has 0 aliphatic carbocycles. The van der Waals surface area contributed by atoms with Crippen molar-refractivity contribution in [2.75, 3.05) is 17.7 Å². The molecule has 2 aromatic carbocycles. The maximum absolute atomic E-state index is 12.4. The number of ether oxygens (including phenoxy) is 1. The second-order valence-electron chi connectivity index (χ2n) is 5.69. The number of nitrogens with one attached hydrogen (secondary N) is 1. The molecule has 0 bridgehead atoms. The summed E-state index contributed by atoms with van der Waals surface area (Å²) in [5, 5.41) is 4.16. The second kappa shape index (κ2) is 9.98. The van der Waals surface area contributed by atoms with Crippen LogP contribution in [0.25, 0.3) is 11.3 Å². The smallest absolute Gasteiger partial charge is 0.262 e. The largest absolute Gasteiger partial charge is 0.482 e. The molecule has 1 aromatic heterocycles. The third kappa shape index (κ3) is 6.11. The number of benzene rings is 2. The number of primary amides is 1. The minimum absolute atomic E-state index is 0.104. The fourth-order valence-electron chi connectivity index (χ4n) is 2.27. The minimum Gasteiger partial charge on any atom is -0.482 e. The summed E-state index contributed by atoms with van der Waals surface area (Å²) in [4.78, 5) is 28.0. The summed E-state index contributed by atoms with van der Waals surface area (Å²) < 4.78 is 6.10. The Kier molecular flexibility index (Phi) is 7.38. The van der Waals surface area contributed by atoms with Gasteiger partial charge in [0.2, 0.25) is 5.91 Å². The number of nitrogens with zero attached hydrogens (tertiary/aromatic N) is 1. The molecule has 150 valence electrons. The third-order valence-corrected chi connectivity index (χ3v) is 6.16. The SMILES string of the molecule is NC(=O)CSc1nc(-c2ccccc2)c(NC(=O)COc2ccc(Cl)cc2Cl)s1. The van der Waals surface area contributed by atoms with Crippen molar-refractivity contribution in [1.29, 1.82) is 0 Å². The van der Waals surface area contributed by atoms with Gasteiger partial charge in [-0.25, -0.2) is 4.98 Å². The van der Waals surface area contributed by atoms with Crippen LogP contribution in [0.4, 0.5) is 5.00 Å². The highest BCUT2D eigenvalue weighted by atomic mass is 35.5. The molecule has 1 heterocycles. The van der Waals surface area contributed by atoms with E-state index in [0.29, 0.717) is 30.8 Å². The average molecular weight is 468 g/mol. The first kappa shape index (κ1) is 21.4. The molecule has 0 unspecified atom stereocenters. The average Bonchev–Trinajstić information content (AvgIpc) is 3.09. The van der Waals surface area contributed by atoms with Crippen LogP contribution in [0.15, 0.2) is 52.9 Å². The van der Waals surface area contributed by atoms with E-state index in [9.17, 15) is 9.59 Å². The molecular formula is C19H15Cl2N3O3S2. The van der Waals surface area contributed by atoms with Crippen molar-refractivity contribution in [3.8, 4) is 17.0 Å². The van der Waals surface area contributed by atoms with Crippen LogP contribution in [0.3, 0.4) is 0 Å². The number of carbonyl (C=O) groups excluding carboxylic acids is 2. The lowest BCUT2D eigenvalue weighted by atomic mass is 10.2. The molecule has 10 heteroatoms. The zero-order chi connectivity index (χ0) is 20.8. The van der Waals surface area contributed by atoms with Crippen molar-refractivity contribution in [2.24, 2.45) is 5.73 Å². The van der Waals surface area contributed by atoms with Crippen molar-refractivity contribution in [3.05, 3.63) is 58.6 Å². The maximum Gasteiger partial charge on any atom is 0.262 e. The molecule has 0 atom stereocenters. The molecule has 0 fully saturated rings. The Balaban J connectivity index is 1.74. The Morgan fingerprint density at radius 3 is 2.62 bits per heavy atom. The quantitative estimate of drug-likeness (QED) is 0.467. The number of thioether (sulfide) groups is 1. The Labute approximate surface area is 185 Å². The monoisotopic (exact) mass is 467 g/mol. The fraction of sp³-hybridized carbons (Fsp3) is 0.105. The zero-order valence-corrected chi connectivity index (χ0v) is 18.0. The van der Waals surface area contributed by atoms with E-state index >= 15 is 0 Å². The zero-order valence-electron chi connectivity index (χ0n) is 14.9. The van der Waals surface area contributed by atoms with Gasteiger partial charge in [0.25, 0.3) is 5.91 Å². The van der Waals surface area contributed by atoms with E-state index in [1.165, 1.54) is 29.2 Å². The number of carbonyl (C=O) groups is 2. The summed E-state index contributed by atoms with van der Waals surface area (Å²) in [6, 6.07) is 14.2. The Morgan fingerprint density at radius 1 is 1.17 bits per heavy atom. The van der Waals surface area contributed by atoms with Crippen LogP contribution in [0.2, 0.25) is 10.0 Å². The number of nitrogens with two attached hydrogens (primary N) is 1. The summed E-state index contributed by atoms with van der Waals surface area (Å²) >= 11 is 14.4. The van der Waals surface area contributed by atoms with Crippen molar-refractivity contribution >= 4 is 63.1 Å². The molecule has 29 heavy (non-hydrogen) atoms. The number of aromatic nitrogens is 1.